The van der Waals surface area contributed by atoms with Crippen LogP contribution in [0.25, 0.3) is 0 Å². The first-order valence-electron chi connectivity index (χ1n) is 5.63. The maximum absolute atomic E-state index is 9.58. The molecule has 2 atom stereocenters. The van der Waals surface area contributed by atoms with Gasteiger partial charge in [-0.3, -0.25) is 0 Å². The maximum atomic E-state index is 9.58. The molecule has 1 aromatic heterocycles. The molecule has 1 fully saturated rings. The third-order valence-electron chi connectivity index (χ3n) is 3.22. The Kier molecular flexibility index (Phi) is 3.50. The van der Waals surface area contributed by atoms with Gasteiger partial charge in [0, 0.05) is 29.7 Å². The molecule has 88 valence electrons. The van der Waals surface area contributed by atoms with Gasteiger partial charge in [-0.05, 0) is 47.8 Å². The van der Waals surface area contributed by atoms with Crippen molar-refractivity contribution in [2.24, 2.45) is 5.92 Å². The first-order chi connectivity index (χ1) is 7.58. The lowest BCUT2D eigenvalue weighted by Crippen LogP contribution is -2.25. The molecule has 4 heteroatoms. The van der Waals surface area contributed by atoms with Gasteiger partial charge in [0.05, 0.1) is 6.10 Å². The molecule has 2 heterocycles. The standard InChI is InChI=1S/C12H17BrN2O/c1-8-5-11(13)6-14-12(8)15-4-3-10(7-15)9(2)16/h5-6,9-10,16H,3-4,7H2,1-2H3. The van der Waals surface area contributed by atoms with Gasteiger partial charge in [-0.1, -0.05) is 0 Å². The Morgan fingerprint density at radius 2 is 2.38 bits per heavy atom. The van der Waals surface area contributed by atoms with Gasteiger partial charge in [0.1, 0.15) is 5.82 Å². The van der Waals surface area contributed by atoms with Gasteiger partial charge in [-0.15, -0.1) is 0 Å². The predicted molar refractivity (Wildman–Crippen MR) is 68.7 cm³/mol. The molecule has 0 saturated carbocycles. The molecular formula is C12H17BrN2O. The number of anilines is 1. The smallest absolute Gasteiger partial charge is 0.131 e. The van der Waals surface area contributed by atoms with Crippen molar-refractivity contribution in [1.82, 2.24) is 4.98 Å². The highest BCUT2D eigenvalue weighted by atomic mass is 79.9. The third-order valence-corrected chi connectivity index (χ3v) is 3.66. The Balaban J connectivity index is 2.14. The average Bonchev–Trinajstić information content (AvgIpc) is 2.66. The lowest BCUT2D eigenvalue weighted by molar-refractivity contribution is 0.136. The average molecular weight is 285 g/mol. The first-order valence-corrected chi connectivity index (χ1v) is 6.42. The second-order valence-electron chi connectivity index (χ2n) is 4.53. The minimum absolute atomic E-state index is 0.222. The Labute approximate surface area is 105 Å². The fraction of sp³-hybridized carbons (Fsp3) is 0.583. The van der Waals surface area contributed by atoms with Crippen LogP contribution in [0.15, 0.2) is 16.7 Å². The van der Waals surface area contributed by atoms with Crippen LogP contribution in [0.2, 0.25) is 0 Å². The number of halogens is 1. The van der Waals surface area contributed by atoms with Gasteiger partial charge in [0.15, 0.2) is 0 Å². The fourth-order valence-corrected chi connectivity index (χ4v) is 2.68. The van der Waals surface area contributed by atoms with Crippen LogP contribution < -0.4 is 4.90 Å². The highest BCUT2D eigenvalue weighted by molar-refractivity contribution is 9.10. The SMILES string of the molecule is Cc1cc(Br)cnc1N1CCC(C(C)O)C1. The second kappa shape index (κ2) is 4.72. The largest absolute Gasteiger partial charge is 0.393 e. The van der Waals surface area contributed by atoms with Gasteiger partial charge in [-0.25, -0.2) is 4.98 Å². The number of rotatable bonds is 2. The topological polar surface area (TPSA) is 36.4 Å². The second-order valence-corrected chi connectivity index (χ2v) is 5.45. The Hall–Kier alpha value is -0.610. The van der Waals surface area contributed by atoms with Crippen LogP contribution in [0.5, 0.6) is 0 Å². The molecule has 0 aromatic carbocycles. The predicted octanol–water partition coefficient (Wildman–Crippen LogP) is 2.36. The first kappa shape index (κ1) is 11.9. The van der Waals surface area contributed by atoms with E-state index in [1.807, 2.05) is 13.1 Å². The number of pyridine rings is 1. The number of aromatic nitrogens is 1. The molecule has 3 nitrogen and oxygen atoms in total. The van der Waals surface area contributed by atoms with Crippen LogP contribution in [-0.2, 0) is 0 Å². The minimum Gasteiger partial charge on any atom is -0.393 e. The van der Waals surface area contributed by atoms with Crippen molar-refractivity contribution in [2.75, 3.05) is 18.0 Å². The van der Waals surface area contributed by atoms with E-state index in [1.165, 1.54) is 5.56 Å². The van der Waals surface area contributed by atoms with Crippen molar-refractivity contribution in [3.05, 3.63) is 22.3 Å². The van der Waals surface area contributed by atoms with Crippen molar-refractivity contribution >= 4 is 21.7 Å². The zero-order chi connectivity index (χ0) is 11.7. The molecule has 0 amide bonds. The molecule has 1 aromatic rings. The monoisotopic (exact) mass is 284 g/mol. The highest BCUT2D eigenvalue weighted by Gasteiger charge is 2.27. The Morgan fingerprint density at radius 1 is 1.62 bits per heavy atom. The molecule has 0 radical (unpaired) electrons. The summed E-state index contributed by atoms with van der Waals surface area (Å²) in [6, 6.07) is 2.08. The number of aliphatic hydroxyl groups excluding tert-OH is 1. The normalized spacial score (nSPS) is 22.5. The summed E-state index contributed by atoms with van der Waals surface area (Å²) in [6.07, 6.45) is 2.66. The number of nitrogens with zero attached hydrogens (tertiary/aromatic N) is 2. The zero-order valence-corrected chi connectivity index (χ0v) is 11.2. The van der Waals surface area contributed by atoms with Crippen molar-refractivity contribution in [2.45, 2.75) is 26.4 Å². The third kappa shape index (κ3) is 2.38. The van der Waals surface area contributed by atoms with Gasteiger partial charge in [0.25, 0.3) is 0 Å². The molecule has 0 bridgehead atoms. The van der Waals surface area contributed by atoms with E-state index in [0.29, 0.717) is 5.92 Å². The fourth-order valence-electron chi connectivity index (χ4n) is 2.24. The molecule has 2 unspecified atom stereocenters. The minimum atomic E-state index is -0.222. The van der Waals surface area contributed by atoms with Gasteiger partial charge in [-0.2, -0.15) is 0 Å². The molecule has 1 aliphatic rings. The molecule has 0 aliphatic carbocycles. The van der Waals surface area contributed by atoms with Crippen LogP contribution in [-0.4, -0.2) is 29.3 Å². The molecule has 1 aliphatic heterocycles. The molecule has 16 heavy (non-hydrogen) atoms. The zero-order valence-electron chi connectivity index (χ0n) is 9.65. The number of aliphatic hydroxyl groups is 1. The molecule has 2 rings (SSSR count). The van der Waals surface area contributed by atoms with Crippen LogP contribution >= 0.6 is 15.9 Å². The van der Waals surface area contributed by atoms with E-state index in [4.69, 9.17) is 0 Å². The van der Waals surface area contributed by atoms with Gasteiger partial charge in [0.2, 0.25) is 0 Å². The molecule has 0 spiro atoms. The van der Waals surface area contributed by atoms with E-state index in [0.717, 1.165) is 29.8 Å². The summed E-state index contributed by atoms with van der Waals surface area (Å²) in [5, 5.41) is 9.58. The maximum Gasteiger partial charge on any atom is 0.131 e. The summed E-state index contributed by atoms with van der Waals surface area (Å²) >= 11 is 3.42. The number of hydrogen-bond donors (Lipinski definition) is 1. The Bertz CT molecular complexity index is 381. The summed E-state index contributed by atoms with van der Waals surface area (Å²) in [7, 11) is 0. The van der Waals surface area contributed by atoms with Crippen molar-refractivity contribution in [1.29, 1.82) is 0 Å². The van der Waals surface area contributed by atoms with E-state index in [-0.39, 0.29) is 6.10 Å². The Morgan fingerprint density at radius 3 is 2.94 bits per heavy atom. The van der Waals surface area contributed by atoms with Crippen molar-refractivity contribution < 1.29 is 5.11 Å². The van der Waals surface area contributed by atoms with Gasteiger partial charge >= 0.3 is 0 Å². The van der Waals surface area contributed by atoms with E-state index in [2.05, 4.69) is 38.8 Å². The summed E-state index contributed by atoms with van der Waals surface area (Å²) in [5.41, 5.74) is 1.18. The molecule has 1 N–H and O–H groups in total. The summed E-state index contributed by atoms with van der Waals surface area (Å²) in [4.78, 5) is 6.71. The van der Waals surface area contributed by atoms with E-state index < -0.39 is 0 Å². The van der Waals surface area contributed by atoms with Crippen molar-refractivity contribution in [3.8, 4) is 0 Å². The van der Waals surface area contributed by atoms with Crippen molar-refractivity contribution in [3.63, 3.8) is 0 Å². The lowest BCUT2D eigenvalue weighted by Gasteiger charge is -2.20. The molecule has 1 saturated heterocycles. The number of hydrogen-bond acceptors (Lipinski definition) is 3. The van der Waals surface area contributed by atoms with E-state index in [9.17, 15) is 5.11 Å². The highest BCUT2D eigenvalue weighted by Crippen LogP contribution is 2.27. The summed E-state index contributed by atoms with van der Waals surface area (Å²) in [5.74, 6) is 1.43. The van der Waals surface area contributed by atoms with Crippen LogP contribution in [0.4, 0.5) is 5.82 Å². The summed E-state index contributed by atoms with van der Waals surface area (Å²) in [6.45, 7) is 5.84. The number of aryl methyl sites for hydroxylation is 1. The van der Waals surface area contributed by atoms with Crippen LogP contribution in [0.3, 0.4) is 0 Å². The van der Waals surface area contributed by atoms with Crippen LogP contribution in [0, 0.1) is 12.8 Å². The lowest BCUT2D eigenvalue weighted by atomic mass is 10.0. The quantitative estimate of drug-likeness (QED) is 0.906. The van der Waals surface area contributed by atoms with Crippen LogP contribution in [0.1, 0.15) is 18.9 Å². The van der Waals surface area contributed by atoms with E-state index >= 15 is 0 Å². The summed E-state index contributed by atoms with van der Waals surface area (Å²) < 4.78 is 1.01. The molecular weight excluding hydrogens is 268 g/mol. The van der Waals surface area contributed by atoms with E-state index in [1.54, 1.807) is 0 Å². The van der Waals surface area contributed by atoms with Gasteiger partial charge < -0.3 is 10.0 Å².